The molecule has 1 atom stereocenters. The number of hydrogen-bond donors (Lipinski definition) is 2. The Hall–Kier alpha value is -2.40. The summed E-state index contributed by atoms with van der Waals surface area (Å²) < 4.78 is 0. The van der Waals surface area contributed by atoms with Gasteiger partial charge < -0.3 is 16.0 Å². The second-order valence-corrected chi connectivity index (χ2v) is 6.27. The van der Waals surface area contributed by atoms with E-state index in [2.05, 4.69) is 15.2 Å². The molecule has 1 aromatic carbocycles. The number of carbonyl (C=O) groups excluding carboxylic acids is 1. The zero-order valence-electron chi connectivity index (χ0n) is 13.8. The molecule has 1 aromatic heterocycles. The quantitative estimate of drug-likeness (QED) is 0.884. The van der Waals surface area contributed by atoms with E-state index in [1.165, 1.54) is 5.69 Å². The van der Waals surface area contributed by atoms with Gasteiger partial charge in [-0.3, -0.25) is 9.78 Å². The number of hydrogen-bond acceptors (Lipinski definition) is 4. The summed E-state index contributed by atoms with van der Waals surface area (Å²) in [4.78, 5) is 18.6. The predicted octanol–water partition coefficient (Wildman–Crippen LogP) is 2.11. The third-order valence-electron chi connectivity index (χ3n) is 4.65. The molecular formula is C19H24N4O. The van der Waals surface area contributed by atoms with Gasteiger partial charge in [-0.15, -0.1) is 0 Å². The first kappa shape index (κ1) is 16.5. The number of piperidine rings is 1. The Balaban J connectivity index is 1.44. The van der Waals surface area contributed by atoms with E-state index in [9.17, 15) is 4.79 Å². The number of nitrogens with two attached hydrogens (primary N) is 1. The van der Waals surface area contributed by atoms with Gasteiger partial charge in [0.25, 0.3) is 0 Å². The average Bonchev–Trinajstić information content (AvgIpc) is 2.67. The zero-order chi connectivity index (χ0) is 16.8. The van der Waals surface area contributed by atoms with Gasteiger partial charge in [0.1, 0.15) is 6.04 Å². The lowest BCUT2D eigenvalue weighted by molar-refractivity contribution is -0.122. The third kappa shape index (κ3) is 4.11. The van der Waals surface area contributed by atoms with Crippen molar-refractivity contribution in [3.63, 3.8) is 0 Å². The fourth-order valence-corrected chi connectivity index (χ4v) is 3.12. The number of carbonyl (C=O) groups is 1. The van der Waals surface area contributed by atoms with Crippen LogP contribution in [0.25, 0.3) is 0 Å². The lowest BCUT2D eigenvalue weighted by Gasteiger charge is -2.33. The maximum absolute atomic E-state index is 12.2. The van der Waals surface area contributed by atoms with Gasteiger partial charge in [-0.2, -0.15) is 0 Å². The molecule has 5 heteroatoms. The number of aromatic nitrogens is 1. The van der Waals surface area contributed by atoms with Crippen LogP contribution >= 0.6 is 0 Å². The molecule has 2 aromatic rings. The van der Waals surface area contributed by atoms with Crippen LogP contribution in [0.1, 0.15) is 24.4 Å². The van der Waals surface area contributed by atoms with Crippen molar-refractivity contribution in [2.24, 2.45) is 11.7 Å². The molecule has 1 amide bonds. The van der Waals surface area contributed by atoms with Gasteiger partial charge in [-0.05, 0) is 36.5 Å². The number of anilines is 1. The number of nitrogens with zero attached hydrogens (tertiary/aromatic N) is 2. The van der Waals surface area contributed by atoms with Crippen molar-refractivity contribution in [2.75, 3.05) is 24.5 Å². The van der Waals surface area contributed by atoms with E-state index in [0.717, 1.165) is 31.5 Å². The molecule has 5 nitrogen and oxygen atoms in total. The number of pyridine rings is 1. The van der Waals surface area contributed by atoms with Crippen molar-refractivity contribution in [3.05, 3.63) is 60.4 Å². The standard InChI is InChI=1S/C19H24N4O/c20-18(16-4-2-1-3-5-16)19(24)22-14-15-8-12-23(13-9-15)17-6-10-21-11-7-17/h1-7,10-11,15,18H,8-9,12-14,20H2,(H,22,24). The van der Waals surface area contributed by atoms with Crippen molar-refractivity contribution >= 4 is 11.6 Å². The summed E-state index contributed by atoms with van der Waals surface area (Å²) >= 11 is 0. The Bertz CT molecular complexity index is 639. The Kier molecular flexibility index (Phi) is 5.43. The molecule has 0 bridgehead atoms. The van der Waals surface area contributed by atoms with Gasteiger partial charge >= 0.3 is 0 Å². The largest absolute Gasteiger partial charge is 0.371 e. The third-order valence-corrected chi connectivity index (χ3v) is 4.65. The van der Waals surface area contributed by atoms with Gasteiger partial charge in [0.15, 0.2) is 0 Å². The van der Waals surface area contributed by atoms with E-state index in [1.54, 1.807) is 0 Å². The van der Waals surface area contributed by atoms with Crippen molar-refractivity contribution in [3.8, 4) is 0 Å². The molecule has 2 heterocycles. The average molecular weight is 324 g/mol. The molecule has 0 radical (unpaired) electrons. The summed E-state index contributed by atoms with van der Waals surface area (Å²) in [6.07, 6.45) is 5.80. The number of amides is 1. The van der Waals surface area contributed by atoms with Crippen molar-refractivity contribution in [1.82, 2.24) is 10.3 Å². The summed E-state index contributed by atoms with van der Waals surface area (Å²) in [7, 11) is 0. The van der Waals surface area contributed by atoms with Crippen LogP contribution in [0.2, 0.25) is 0 Å². The van der Waals surface area contributed by atoms with Crippen LogP contribution in [0.4, 0.5) is 5.69 Å². The van der Waals surface area contributed by atoms with Crippen LogP contribution < -0.4 is 16.0 Å². The topological polar surface area (TPSA) is 71.2 Å². The zero-order valence-corrected chi connectivity index (χ0v) is 13.8. The van der Waals surface area contributed by atoms with Crippen LogP contribution in [0.3, 0.4) is 0 Å². The highest BCUT2D eigenvalue weighted by atomic mass is 16.2. The van der Waals surface area contributed by atoms with Crippen LogP contribution in [0.15, 0.2) is 54.9 Å². The molecule has 0 aliphatic carbocycles. The van der Waals surface area contributed by atoms with E-state index in [1.807, 2.05) is 54.9 Å². The first-order chi connectivity index (χ1) is 11.7. The molecular weight excluding hydrogens is 300 g/mol. The fraction of sp³-hybridized carbons (Fsp3) is 0.368. The minimum absolute atomic E-state index is 0.0993. The summed E-state index contributed by atoms with van der Waals surface area (Å²) in [5, 5.41) is 3.01. The van der Waals surface area contributed by atoms with E-state index in [0.29, 0.717) is 12.5 Å². The Morgan fingerprint density at radius 1 is 1.17 bits per heavy atom. The van der Waals surface area contributed by atoms with E-state index in [-0.39, 0.29) is 5.91 Å². The predicted molar refractivity (Wildman–Crippen MR) is 95.6 cm³/mol. The summed E-state index contributed by atoms with van der Waals surface area (Å²) in [5.41, 5.74) is 8.10. The Labute approximate surface area is 142 Å². The monoisotopic (exact) mass is 324 g/mol. The smallest absolute Gasteiger partial charge is 0.241 e. The fourth-order valence-electron chi connectivity index (χ4n) is 3.12. The molecule has 24 heavy (non-hydrogen) atoms. The Morgan fingerprint density at radius 3 is 2.50 bits per heavy atom. The van der Waals surface area contributed by atoms with E-state index >= 15 is 0 Å². The highest BCUT2D eigenvalue weighted by molar-refractivity contribution is 5.82. The van der Waals surface area contributed by atoms with Crippen molar-refractivity contribution < 1.29 is 4.79 Å². The molecule has 1 aliphatic heterocycles. The highest BCUT2D eigenvalue weighted by Crippen LogP contribution is 2.22. The molecule has 0 spiro atoms. The lowest BCUT2D eigenvalue weighted by atomic mass is 9.96. The first-order valence-corrected chi connectivity index (χ1v) is 8.47. The first-order valence-electron chi connectivity index (χ1n) is 8.47. The SMILES string of the molecule is NC(C(=O)NCC1CCN(c2ccncc2)CC1)c1ccccc1. The molecule has 126 valence electrons. The van der Waals surface area contributed by atoms with Crippen LogP contribution in [0.5, 0.6) is 0 Å². The molecule has 3 N–H and O–H groups in total. The number of nitrogens with one attached hydrogen (secondary N) is 1. The van der Waals surface area contributed by atoms with E-state index in [4.69, 9.17) is 5.73 Å². The van der Waals surface area contributed by atoms with Crippen molar-refractivity contribution in [2.45, 2.75) is 18.9 Å². The second kappa shape index (κ2) is 7.93. The minimum atomic E-state index is -0.594. The molecule has 1 fully saturated rings. The van der Waals surface area contributed by atoms with Gasteiger partial charge in [0.2, 0.25) is 5.91 Å². The van der Waals surface area contributed by atoms with Gasteiger partial charge in [-0.1, -0.05) is 30.3 Å². The number of benzene rings is 1. The van der Waals surface area contributed by atoms with Crippen LogP contribution in [0, 0.1) is 5.92 Å². The van der Waals surface area contributed by atoms with Gasteiger partial charge in [0.05, 0.1) is 0 Å². The van der Waals surface area contributed by atoms with Crippen LogP contribution in [-0.2, 0) is 4.79 Å². The maximum atomic E-state index is 12.2. The summed E-state index contributed by atoms with van der Waals surface area (Å²) in [6, 6.07) is 13.0. The van der Waals surface area contributed by atoms with Crippen molar-refractivity contribution in [1.29, 1.82) is 0 Å². The summed E-state index contributed by atoms with van der Waals surface area (Å²) in [5.74, 6) is 0.410. The summed E-state index contributed by atoms with van der Waals surface area (Å²) in [6.45, 7) is 2.72. The molecule has 1 unspecified atom stereocenters. The second-order valence-electron chi connectivity index (χ2n) is 6.27. The lowest BCUT2D eigenvalue weighted by Crippen LogP contribution is -2.41. The minimum Gasteiger partial charge on any atom is -0.371 e. The highest BCUT2D eigenvalue weighted by Gasteiger charge is 2.21. The van der Waals surface area contributed by atoms with Gasteiger partial charge in [0, 0.05) is 37.7 Å². The molecule has 1 saturated heterocycles. The normalized spacial score (nSPS) is 16.6. The maximum Gasteiger partial charge on any atom is 0.241 e. The van der Waals surface area contributed by atoms with Crippen LogP contribution in [-0.4, -0.2) is 30.5 Å². The van der Waals surface area contributed by atoms with Gasteiger partial charge in [-0.25, -0.2) is 0 Å². The molecule has 1 aliphatic rings. The Morgan fingerprint density at radius 2 is 1.83 bits per heavy atom. The number of rotatable bonds is 5. The molecule has 3 rings (SSSR count). The molecule has 0 saturated carbocycles. The van der Waals surface area contributed by atoms with E-state index < -0.39 is 6.04 Å².